The van der Waals surface area contributed by atoms with Crippen molar-refractivity contribution < 1.29 is 0 Å². The molecule has 2 aliphatic heterocycles. The van der Waals surface area contributed by atoms with E-state index in [4.69, 9.17) is 0 Å². The van der Waals surface area contributed by atoms with E-state index in [1.165, 1.54) is 38.5 Å². The van der Waals surface area contributed by atoms with Gasteiger partial charge in [0.05, 0.1) is 0 Å². The Balaban J connectivity index is 2.10. The molecule has 0 spiro atoms. The number of hydrogen-bond acceptors (Lipinski definition) is 0. The normalized spacial score (nSPS) is 47.3. The minimum atomic E-state index is 0.926. The molecule has 2 rings (SSSR count). The predicted molar refractivity (Wildman–Crippen MR) is 68.4 cm³/mol. The largest absolute Gasteiger partial charge is 0.118 e. The zero-order valence-corrected chi connectivity index (χ0v) is 10.7. The highest BCUT2D eigenvalue weighted by molar-refractivity contribution is 6.40. The Hall–Kier alpha value is 0.0649. The second-order valence-electron chi connectivity index (χ2n) is 6.20. The minimum Gasteiger partial charge on any atom is -0.0660 e. The van der Waals surface area contributed by atoms with Crippen LogP contribution in [0.3, 0.4) is 0 Å². The van der Waals surface area contributed by atoms with Crippen LogP contribution in [-0.4, -0.2) is 7.28 Å². The summed E-state index contributed by atoms with van der Waals surface area (Å²) in [6.45, 7) is 7.44. The third kappa shape index (κ3) is 2.60. The highest BCUT2D eigenvalue weighted by Crippen LogP contribution is 2.44. The van der Waals surface area contributed by atoms with Gasteiger partial charge in [-0.2, -0.15) is 0 Å². The Kier molecular flexibility index (Phi) is 3.80. The molecule has 2 saturated heterocycles. The summed E-state index contributed by atoms with van der Waals surface area (Å²) in [5, 5.41) is 0. The average molecular weight is 205 g/mol. The van der Waals surface area contributed by atoms with Crippen molar-refractivity contribution in [2.75, 3.05) is 0 Å². The van der Waals surface area contributed by atoms with Crippen LogP contribution in [0.25, 0.3) is 0 Å². The van der Waals surface area contributed by atoms with Gasteiger partial charge in [-0.1, -0.05) is 70.9 Å². The molecule has 0 N–H and O–H groups in total. The molecule has 0 aromatic rings. The lowest BCUT2D eigenvalue weighted by Gasteiger charge is -2.35. The van der Waals surface area contributed by atoms with E-state index in [-0.39, 0.29) is 0 Å². The van der Waals surface area contributed by atoms with Crippen molar-refractivity contribution in [3.8, 4) is 0 Å². The Morgan fingerprint density at radius 3 is 2.07 bits per heavy atom. The van der Waals surface area contributed by atoms with Gasteiger partial charge in [0, 0.05) is 0 Å². The van der Waals surface area contributed by atoms with Gasteiger partial charge in [-0.3, -0.25) is 0 Å². The summed E-state index contributed by atoms with van der Waals surface area (Å²) in [5.74, 6) is 4.68. The molecule has 15 heavy (non-hydrogen) atoms. The molecule has 2 heterocycles. The monoisotopic (exact) mass is 205 g/mol. The molecule has 2 aliphatic rings. The summed E-state index contributed by atoms with van der Waals surface area (Å²) in [4.78, 5) is 0. The lowest BCUT2D eigenvalue weighted by Crippen LogP contribution is -2.27. The molecule has 0 aliphatic carbocycles. The fourth-order valence-corrected chi connectivity index (χ4v) is 3.61. The van der Waals surface area contributed by atoms with Crippen molar-refractivity contribution in [2.24, 2.45) is 17.8 Å². The fraction of sp³-hybridized carbons (Fsp3) is 1.00. The van der Waals surface area contributed by atoms with Gasteiger partial charge in [0.15, 0.2) is 0 Å². The molecule has 0 aromatic carbocycles. The molecule has 0 saturated carbocycles. The van der Waals surface area contributed by atoms with Crippen molar-refractivity contribution in [3.63, 3.8) is 0 Å². The lowest BCUT2D eigenvalue weighted by molar-refractivity contribution is 0.295. The summed E-state index contributed by atoms with van der Waals surface area (Å²) in [6, 6.07) is 0. The zero-order valence-electron chi connectivity index (χ0n) is 10.7. The van der Waals surface area contributed by atoms with E-state index in [2.05, 4.69) is 28.1 Å². The van der Waals surface area contributed by atoms with Crippen molar-refractivity contribution in [1.29, 1.82) is 0 Å². The van der Waals surface area contributed by atoms with E-state index < -0.39 is 0 Å². The van der Waals surface area contributed by atoms with Gasteiger partial charge >= 0.3 is 0 Å². The fourth-order valence-electron chi connectivity index (χ4n) is 3.61. The predicted octanol–water partition coefficient (Wildman–Crippen LogP) is 4.54. The van der Waals surface area contributed by atoms with Crippen molar-refractivity contribution in [2.45, 2.75) is 70.9 Å². The lowest BCUT2D eigenvalue weighted by atomic mass is 9.45. The Labute approximate surface area is 96.5 Å². The van der Waals surface area contributed by atoms with Gasteiger partial charge in [0.2, 0.25) is 0 Å². The van der Waals surface area contributed by atoms with E-state index >= 15 is 0 Å². The minimum absolute atomic E-state index is 0.926. The Bertz CT molecular complexity index is 202. The van der Waals surface area contributed by atoms with E-state index in [1.807, 2.05) is 0 Å². The molecule has 2 fully saturated rings. The SMILES string of the molecule is CC1CCC(C)C(C)C2[B]C1CCCC2. The molecule has 1 radical (unpaired) electrons. The highest BCUT2D eigenvalue weighted by Gasteiger charge is 2.33. The summed E-state index contributed by atoms with van der Waals surface area (Å²) in [5.41, 5.74) is 0. The summed E-state index contributed by atoms with van der Waals surface area (Å²) in [7, 11) is 2.75. The summed E-state index contributed by atoms with van der Waals surface area (Å²) >= 11 is 0. The first-order valence-electron chi connectivity index (χ1n) is 7.03. The second-order valence-corrected chi connectivity index (χ2v) is 6.20. The van der Waals surface area contributed by atoms with Crippen LogP contribution in [0.5, 0.6) is 0 Å². The van der Waals surface area contributed by atoms with Crippen molar-refractivity contribution in [3.05, 3.63) is 0 Å². The summed E-state index contributed by atoms with van der Waals surface area (Å²) < 4.78 is 0. The quantitative estimate of drug-likeness (QED) is 0.509. The van der Waals surface area contributed by atoms with Crippen LogP contribution >= 0.6 is 0 Å². The van der Waals surface area contributed by atoms with Crippen LogP contribution in [-0.2, 0) is 0 Å². The van der Waals surface area contributed by atoms with Gasteiger partial charge in [0.1, 0.15) is 7.28 Å². The number of fused-ring (bicyclic) bond motifs is 2. The van der Waals surface area contributed by atoms with Crippen LogP contribution in [0.15, 0.2) is 0 Å². The first-order valence-corrected chi connectivity index (χ1v) is 7.03. The van der Waals surface area contributed by atoms with Crippen molar-refractivity contribution >= 4 is 7.28 Å². The maximum atomic E-state index is 2.75. The number of rotatable bonds is 0. The third-order valence-corrected chi connectivity index (χ3v) is 5.20. The van der Waals surface area contributed by atoms with E-state index in [0.29, 0.717) is 0 Å². The Morgan fingerprint density at radius 2 is 1.33 bits per heavy atom. The van der Waals surface area contributed by atoms with Crippen LogP contribution < -0.4 is 0 Å². The highest BCUT2D eigenvalue weighted by atomic mass is 14.3. The molecule has 5 unspecified atom stereocenters. The zero-order chi connectivity index (χ0) is 10.8. The van der Waals surface area contributed by atoms with Gasteiger partial charge in [-0.05, 0) is 17.8 Å². The molecule has 5 atom stereocenters. The molecular weight excluding hydrogens is 179 g/mol. The van der Waals surface area contributed by atoms with Gasteiger partial charge in [-0.25, -0.2) is 0 Å². The summed E-state index contributed by atoms with van der Waals surface area (Å²) in [6.07, 6.45) is 8.81. The van der Waals surface area contributed by atoms with E-state index in [0.717, 1.165) is 29.4 Å². The maximum absolute atomic E-state index is 2.75. The molecular formula is C14H26B. The second kappa shape index (κ2) is 4.93. The third-order valence-electron chi connectivity index (χ3n) is 5.20. The maximum Gasteiger partial charge on any atom is 0.118 e. The molecule has 85 valence electrons. The van der Waals surface area contributed by atoms with Gasteiger partial charge in [-0.15, -0.1) is 0 Å². The molecule has 0 aromatic heterocycles. The van der Waals surface area contributed by atoms with Crippen LogP contribution in [0.4, 0.5) is 0 Å². The topological polar surface area (TPSA) is 0 Å². The molecule has 0 nitrogen and oxygen atoms in total. The molecule has 2 bridgehead atoms. The smallest absolute Gasteiger partial charge is 0.0660 e. The van der Waals surface area contributed by atoms with E-state index in [1.54, 1.807) is 0 Å². The van der Waals surface area contributed by atoms with Crippen LogP contribution in [0.2, 0.25) is 11.6 Å². The van der Waals surface area contributed by atoms with E-state index in [9.17, 15) is 0 Å². The van der Waals surface area contributed by atoms with Gasteiger partial charge < -0.3 is 0 Å². The first kappa shape index (κ1) is 11.5. The van der Waals surface area contributed by atoms with Crippen LogP contribution in [0.1, 0.15) is 59.3 Å². The molecule has 1 heteroatoms. The number of hydrogen-bond donors (Lipinski definition) is 0. The average Bonchev–Trinajstić information content (AvgIpc) is 2.49. The van der Waals surface area contributed by atoms with Crippen molar-refractivity contribution in [1.82, 2.24) is 0 Å². The Morgan fingerprint density at radius 1 is 0.733 bits per heavy atom. The van der Waals surface area contributed by atoms with Gasteiger partial charge in [0.25, 0.3) is 0 Å². The van der Waals surface area contributed by atoms with Crippen LogP contribution in [0, 0.1) is 17.8 Å². The first-order chi connectivity index (χ1) is 7.18. The standard InChI is InChI=1S/C14H26B/c1-10-8-9-11(2)13-6-4-5-7-14(15-13)12(10)3/h10-14H,4-9H2,1-3H3. The molecule has 0 amide bonds.